The minimum absolute atomic E-state index is 0.100. The highest BCUT2D eigenvalue weighted by Gasteiger charge is 2.42. The third-order valence-electron chi connectivity index (χ3n) is 14.9. The highest BCUT2D eigenvalue weighted by atomic mass is 79.9. The van der Waals surface area contributed by atoms with Gasteiger partial charge in [-0.1, -0.05) is 153 Å². The number of amides is 2. The number of hydrogen-bond acceptors (Lipinski definition) is 9. The first-order chi connectivity index (χ1) is 41.2. The van der Waals surface area contributed by atoms with Gasteiger partial charge in [0, 0.05) is 68.7 Å². The molecule has 0 unspecified atom stereocenters. The number of aldehydes is 1. The molecule has 3 aromatic heterocycles. The number of aliphatic imine (C=N–C) groups is 3. The van der Waals surface area contributed by atoms with Gasteiger partial charge in [-0.2, -0.15) is 18.3 Å². The summed E-state index contributed by atoms with van der Waals surface area (Å²) in [6, 6.07) is 63.7. The van der Waals surface area contributed by atoms with E-state index in [4.69, 9.17) is 19.9 Å². The van der Waals surface area contributed by atoms with E-state index in [9.17, 15) is 22.8 Å². The van der Waals surface area contributed by atoms with E-state index in [1.54, 1.807) is 24.8 Å². The van der Waals surface area contributed by atoms with Crippen LogP contribution in [0.4, 0.5) is 24.5 Å². The van der Waals surface area contributed by atoms with Gasteiger partial charge in [-0.3, -0.25) is 29.3 Å². The van der Waals surface area contributed by atoms with Crippen LogP contribution >= 0.6 is 31.9 Å². The number of carbonyl (C=O) groups excluding carboxylic acids is 3. The zero-order valence-electron chi connectivity index (χ0n) is 45.8. The molecule has 3 aliphatic rings. The Bertz CT molecular complexity index is 4120. The number of halogens is 5. The molecule has 85 heavy (non-hydrogen) atoms. The van der Waals surface area contributed by atoms with E-state index >= 15 is 0 Å². The van der Waals surface area contributed by atoms with E-state index in [2.05, 4.69) is 159 Å². The van der Waals surface area contributed by atoms with Crippen LogP contribution < -0.4 is 10.6 Å². The average Bonchev–Trinajstić information content (AvgIpc) is 1.71. The van der Waals surface area contributed by atoms with Gasteiger partial charge in [0.15, 0.2) is 0 Å². The second-order valence-electron chi connectivity index (χ2n) is 20.5. The molecule has 0 fully saturated rings. The van der Waals surface area contributed by atoms with Crippen molar-refractivity contribution >= 4 is 89.4 Å². The van der Waals surface area contributed by atoms with Gasteiger partial charge in [0.05, 0.1) is 41.2 Å². The largest absolute Gasteiger partial charge is 0.446 e. The smallest absolute Gasteiger partial charge is 0.344 e. The van der Waals surface area contributed by atoms with Crippen LogP contribution in [0.2, 0.25) is 0 Å². The van der Waals surface area contributed by atoms with E-state index in [0.29, 0.717) is 30.8 Å². The Balaban J connectivity index is 0.000000177. The highest BCUT2D eigenvalue weighted by Crippen LogP contribution is 2.46. The molecule has 10 aromatic rings. The van der Waals surface area contributed by atoms with Crippen LogP contribution in [0, 0.1) is 0 Å². The van der Waals surface area contributed by atoms with Gasteiger partial charge in [0.25, 0.3) is 11.8 Å². The lowest BCUT2D eigenvalue weighted by Crippen LogP contribution is -2.38. The topological polar surface area (TPSA) is 156 Å². The molecule has 0 saturated carbocycles. The minimum atomic E-state index is -4.64. The van der Waals surface area contributed by atoms with Gasteiger partial charge in [0.2, 0.25) is 6.29 Å². The van der Waals surface area contributed by atoms with Crippen molar-refractivity contribution in [3.05, 3.63) is 277 Å². The van der Waals surface area contributed by atoms with Crippen LogP contribution in [-0.4, -0.2) is 61.2 Å². The summed E-state index contributed by atoms with van der Waals surface area (Å²) >= 11 is 7.02. The number of fused-ring (bicyclic) bond motifs is 4. The van der Waals surface area contributed by atoms with Gasteiger partial charge >= 0.3 is 6.18 Å². The molecule has 2 N–H and O–H groups in total. The van der Waals surface area contributed by atoms with Crippen LogP contribution in [0.15, 0.2) is 237 Å². The van der Waals surface area contributed by atoms with Crippen molar-refractivity contribution in [2.75, 3.05) is 0 Å². The summed E-state index contributed by atoms with van der Waals surface area (Å²) in [5.74, 6) is -0.294. The predicted molar refractivity (Wildman–Crippen MR) is 333 cm³/mol. The summed E-state index contributed by atoms with van der Waals surface area (Å²) in [5, 5.41) is 12.7. The molecule has 7 aromatic carbocycles. The summed E-state index contributed by atoms with van der Waals surface area (Å²) in [7, 11) is 0. The van der Waals surface area contributed by atoms with Crippen LogP contribution in [0.3, 0.4) is 0 Å². The number of pyridine rings is 2. The first-order valence-electron chi connectivity index (χ1n) is 27.2. The molecule has 12 nitrogen and oxygen atoms in total. The molecule has 0 aliphatic carbocycles. The Kier molecular flexibility index (Phi) is 16.8. The van der Waals surface area contributed by atoms with E-state index in [-0.39, 0.29) is 23.9 Å². The quantitative estimate of drug-likeness (QED) is 0.0916. The Labute approximate surface area is 505 Å². The fourth-order valence-corrected chi connectivity index (χ4v) is 11.7. The Hall–Kier alpha value is -9.32. The second kappa shape index (κ2) is 24.9. The van der Waals surface area contributed by atoms with Crippen molar-refractivity contribution in [1.82, 2.24) is 30.4 Å². The normalized spacial score (nSPS) is 13.7. The number of aromatic nitrogens is 4. The maximum atomic E-state index is 13.6. The molecule has 6 heterocycles. The number of nitrogens with zero attached hydrogens (tertiary/aromatic N) is 7. The van der Waals surface area contributed by atoms with Gasteiger partial charge in [-0.05, 0) is 125 Å². The molecule has 2 amide bonds. The molecular weight excluding hydrogens is 1210 g/mol. The van der Waals surface area contributed by atoms with E-state index < -0.39 is 18.0 Å². The Morgan fingerprint density at radius 3 is 1.49 bits per heavy atom. The molecule has 13 rings (SSSR count). The van der Waals surface area contributed by atoms with Crippen LogP contribution in [0.5, 0.6) is 0 Å². The molecule has 3 aliphatic heterocycles. The van der Waals surface area contributed by atoms with E-state index in [1.807, 2.05) is 105 Å². The molecule has 0 spiro atoms. The third kappa shape index (κ3) is 12.4. The van der Waals surface area contributed by atoms with Gasteiger partial charge in [0.1, 0.15) is 22.7 Å². The summed E-state index contributed by atoms with van der Waals surface area (Å²) in [6.07, 6.45) is 2.40. The maximum absolute atomic E-state index is 13.6. The lowest BCUT2D eigenvalue weighted by molar-refractivity contribution is -0.156. The standard InChI is InChI=1S/C42H32BrN5O.C24H19BrN4O.C2HF3O/c1-28(30-12-11-19-35(43)24-30)45-41(49)38-25-31-26-39-36(27-37(31)46-38)40(29-20-22-44-23-21-29)47-48(39)42(32-13-5-2-6-14-32,33-15-7-3-8-16-33)34-17-9-4-10-18-34;1-14(16-3-2-4-19(25)10-16)28-24(30)22-11-17-9-18-13-27-23(15-5-7-26-8-6-15)20(18)12-21(17)29-22;3-2(4,5)1-6/h2-24,26-28H,25H2,1H3,(H,45,49);2-10,12,14H,11,13H2,1H3,(H,28,30);1H/t28-;14-;/m11./s1. The third-order valence-corrected chi connectivity index (χ3v) is 15.9. The molecule has 17 heteroatoms. The van der Waals surface area contributed by atoms with Crippen molar-refractivity contribution in [2.45, 2.75) is 57.0 Å². The van der Waals surface area contributed by atoms with Crippen LogP contribution in [-0.2, 0) is 39.3 Å². The summed E-state index contributed by atoms with van der Waals surface area (Å²) < 4.78 is 35.4. The number of nitrogens with one attached hydrogen (secondary N) is 2. The summed E-state index contributed by atoms with van der Waals surface area (Å²) in [4.78, 5) is 57.8. The fourth-order valence-electron chi connectivity index (χ4n) is 10.9. The van der Waals surface area contributed by atoms with Crippen molar-refractivity contribution in [3.8, 4) is 11.3 Å². The zero-order valence-corrected chi connectivity index (χ0v) is 49.0. The number of rotatable bonds is 12. The Morgan fingerprint density at radius 1 is 0.565 bits per heavy atom. The van der Waals surface area contributed by atoms with Crippen LogP contribution in [0.25, 0.3) is 22.2 Å². The van der Waals surface area contributed by atoms with Crippen molar-refractivity contribution in [2.24, 2.45) is 15.0 Å². The van der Waals surface area contributed by atoms with Gasteiger partial charge < -0.3 is 10.6 Å². The van der Waals surface area contributed by atoms with Crippen molar-refractivity contribution in [1.29, 1.82) is 0 Å². The molecule has 0 saturated heterocycles. The number of benzene rings is 7. The van der Waals surface area contributed by atoms with Crippen LogP contribution in [0.1, 0.15) is 81.6 Å². The first-order valence-corrected chi connectivity index (χ1v) is 28.8. The second-order valence-corrected chi connectivity index (χ2v) is 22.3. The predicted octanol–water partition coefficient (Wildman–Crippen LogP) is 14.7. The molecule has 2 atom stereocenters. The zero-order chi connectivity index (χ0) is 59.2. The van der Waals surface area contributed by atoms with E-state index in [0.717, 1.165) is 98.3 Å². The maximum Gasteiger partial charge on any atom is 0.446 e. The fraction of sp³-hybridized carbons (Fsp3) is 0.132. The average molecular weight is 1260 g/mol. The van der Waals surface area contributed by atoms with Crippen molar-refractivity contribution in [3.63, 3.8) is 0 Å². The molecule has 0 radical (unpaired) electrons. The minimum Gasteiger partial charge on any atom is -0.344 e. The molecule has 0 bridgehead atoms. The number of carbonyl (C=O) groups is 3. The molecule has 422 valence electrons. The number of alkyl halides is 3. The van der Waals surface area contributed by atoms with Gasteiger partial charge in [-0.25, -0.2) is 14.7 Å². The lowest BCUT2D eigenvalue weighted by Gasteiger charge is -2.37. The monoisotopic (exact) mass is 1260 g/mol. The summed E-state index contributed by atoms with van der Waals surface area (Å²) in [5.41, 5.74) is 16.2. The van der Waals surface area contributed by atoms with Crippen molar-refractivity contribution < 1.29 is 27.6 Å². The molecular formula is C68H52Br2F3N9O3. The Morgan fingerprint density at radius 2 is 1.02 bits per heavy atom. The first kappa shape index (κ1) is 57.5. The summed E-state index contributed by atoms with van der Waals surface area (Å²) in [6.45, 7) is 4.62. The highest BCUT2D eigenvalue weighted by molar-refractivity contribution is 9.10. The lowest BCUT2D eigenvalue weighted by atomic mass is 9.77. The van der Waals surface area contributed by atoms with Gasteiger partial charge in [-0.15, -0.1) is 0 Å². The SMILES string of the molecule is C[C@@H](NC(=O)C1=Nc2cc3c(-c4ccncc4)nn(C(c4ccccc4)(c4ccccc4)c4ccccc4)c3cc2C1)c1cccc(Br)c1.C[C@@H](NC(=O)C1=Nc2cc3c(cc2C1)CN=C3c1ccncc1)c1cccc(Br)c1.O=CC(F)(F)F. The van der Waals surface area contributed by atoms with E-state index in [1.165, 1.54) is 5.56 Å². The number of hydrogen-bond donors (Lipinski definition) is 2.